The minimum Gasteiger partial charge on any atom is -0.338 e. The lowest BCUT2D eigenvalue weighted by Crippen LogP contribution is -2.56. The van der Waals surface area contributed by atoms with E-state index in [2.05, 4.69) is 170 Å². The first-order valence-corrected chi connectivity index (χ1v) is 19.9. The van der Waals surface area contributed by atoms with Gasteiger partial charge in [0.05, 0.1) is 23.7 Å². The number of rotatable bonds is 3. The molecule has 2 aliphatic heterocycles. The standard InChI is InChI=1S/C52H38BN3/c1-31-13-11-14-32(2)52(31)56-46-28-42-41(48(34-15-5-3-6-16-34)38-19-9-10-20-39(38)49(42)35-17-7-4-8-18-35)27-45(46)53-44-24-23-36(30-55)37-21-12-22-40(50(37)44)43-25-33(29-54)26-47(56)51(43)53/h3-25,27,39,42,47,49H,26,28H2,1-2H3. The maximum Gasteiger partial charge on any atom is 0.243 e. The van der Waals surface area contributed by atoms with Crippen LogP contribution in [0.1, 0.15) is 52.1 Å². The van der Waals surface area contributed by atoms with Crippen LogP contribution in [0.4, 0.5) is 5.69 Å². The number of para-hydroxylation sites is 1. The minimum absolute atomic E-state index is 0.0163. The zero-order valence-electron chi connectivity index (χ0n) is 31.5. The molecule has 4 unspecified atom stereocenters. The molecule has 0 saturated heterocycles. The van der Waals surface area contributed by atoms with E-state index in [0.29, 0.717) is 12.0 Å². The molecule has 2 heterocycles. The molecule has 6 aliphatic rings. The fourth-order valence-corrected chi connectivity index (χ4v) is 11.3. The molecule has 0 spiro atoms. The Morgan fingerprint density at radius 2 is 1.52 bits per heavy atom. The zero-order valence-corrected chi connectivity index (χ0v) is 31.5. The van der Waals surface area contributed by atoms with Crippen LogP contribution in [0, 0.1) is 48.3 Å². The molecule has 0 aromatic heterocycles. The van der Waals surface area contributed by atoms with Gasteiger partial charge in [0.1, 0.15) is 0 Å². The van der Waals surface area contributed by atoms with E-state index in [9.17, 15) is 10.5 Å². The van der Waals surface area contributed by atoms with Crippen LogP contribution in [0.3, 0.4) is 0 Å². The number of benzene rings is 5. The largest absolute Gasteiger partial charge is 0.338 e. The Labute approximate surface area is 329 Å². The molecule has 3 nitrogen and oxygen atoms in total. The second-order valence-corrected chi connectivity index (χ2v) is 16.2. The molecule has 0 amide bonds. The van der Waals surface area contributed by atoms with Gasteiger partial charge in [0, 0.05) is 35.2 Å². The number of nitrogens with zero attached hydrogens (tertiary/aromatic N) is 3. The molecule has 264 valence electrons. The molecule has 0 radical (unpaired) electrons. The van der Waals surface area contributed by atoms with Gasteiger partial charge < -0.3 is 4.90 Å². The summed E-state index contributed by atoms with van der Waals surface area (Å²) in [5, 5.41) is 23.1. The number of aryl methyl sites for hydroxylation is 2. The molecular formula is C52H38BN3. The van der Waals surface area contributed by atoms with Crippen LogP contribution in [0.25, 0.3) is 21.9 Å². The Morgan fingerprint density at radius 1 is 0.750 bits per heavy atom. The molecule has 4 heteroatoms. The van der Waals surface area contributed by atoms with Gasteiger partial charge in [-0.2, -0.15) is 10.5 Å². The Balaban J connectivity index is 1.27. The molecule has 0 fully saturated rings. The fraction of sp³-hybridized carbons (Fsp3) is 0.154. The van der Waals surface area contributed by atoms with E-state index in [1.54, 1.807) is 0 Å². The highest BCUT2D eigenvalue weighted by Crippen LogP contribution is 2.59. The molecular weight excluding hydrogens is 677 g/mol. The lowest BCUT2D eigenvalue weighted by atomic mass is 9.29. The predicted octanol–water partition coefficient (Wildman–Crippen LogP) is 10.8. The minimum atomic E-state index is -0.0295. The van der Waals surface area contributed by atoms with Gasteiger partial charge in [-0.3, -0.25) is 0 Å². The van der Waals surface area contributed by atoms with Crippen LogP contribution in [0.2, 0.25) is 0 Å². The number of anilines is 1. The van der Waals surface area contributed by atoms with Crippen molar-refractivity contribution in [1.29, 1.82) is 10.5 Å². The van der Waals surface area contributed by atoms with Crippen molar-refractivity contribution in [2.75, 3.05) is 4.90 Å². The van der Waals surface area contributed by atoms with Crippen LogP contribution in [-0.2, 0) is 0 Å². The zero-order chi connectivity index (χ0) is 37.7. The van der Waals surface area contributed by atoms with E-state index < -0.39 is 0 Å². The van der Waals surface area contributed by atoms with Gasteiger partial charge >= 0.3 is 0 Å². The molecule has 4 atom stereocenters. The molecule has 11 rings (SSSR count). The third kappa shape index (κ3) is 4.57. The van der Waals surface area contributed by atoms with Crippen molar-refractivity contribution in [3.8, 4) is 12.1 Å². The molecule has 56 heavy (non-hydrogen) atoms. The summed E-state index contributed by atoms with van der Waals surface area (Å²) in [6, 6.07) is 44.6. The molecule has 4 aliphatic carbocycles. The van der Waals surface area contributed by atoms with Gasteiger partial charge in [-0.15, -0.1) is 0 Å². The quantitative estimate of drug-likeness (QED) is 0.175. The summed E-state index contributed by atoms with van der Waals surface area (Å²) in [6.07, 6.45) is 15.5. The van der Waals surface area contributed by atoms with Crippen molar-refractivity contribution in [1.82, 2.24) is 0 Å². The molecule has 5 aromatic rings. The lowest BCUT2D eigenvalue weighted by molar-refractivity contribution is 0.405. The van der Waals surface area contributed by atoms with Crippen LogP contribution < -0.4 is 10.4 Å². The van der Waals surface area contributed by atoms with E-state index in [1.807, 2.05) is 6.07 Å². The maximum atomic E-state index is 10.7. The third-order valence-electron chi connectivity index (χ3n) is 13.4. The van der Waals surface area contributed by atoms with Crippen molar-refractivity contribution in [2.24, 2.45) is 11.8 Å². The smallest absolute Gasteiger partial charge is 0.243 e. The monoisotopic (exact) mass is 715 g/mol. The van der Waals surface area contributed by atoms with Crippen LogP contribution in [-0.4, -0.2) is 12.8 Å². The van der Waals surface area contributed by atoms with Crippen LogP contribution in [0.15, 0.2) is 179 Å². The first-order chi connectivity index (χ1) is 27.6. The predicted molar refractivity (Wildman–Crippen MR) is 229 cm³/mol. The van der Waals surface area contributed by atoms with Gasteiger partial charge in [-0.05, 0) is 105 Å². The van der Waals surface area contributed by atoms with Crippen molar-refractivity contribution in [3.05, 3.63) is 212 Å². The second-order valence-electron chi connectivity index (χ2n) is 16.2. The van der Waals surface area contributed by atoms with Crippen molar-refractivity contribution in [2.45, 2.75) is 38.6 Å². The number of fused-ring (bicyclic) bond motifs is 5. The van der Waals surface area contributed by atoms with E-state index in [1.165, 1.54) is 66.8 Å². The summed E-state index contributed by atoms with van der Waals surface area (Å²) >= 11 is 0. The summed E-state index contributed by atoms with van der Waals surface area (Å²) in [4.78, 5) is 2.68. The Morgan fingerprint density at radius 3 is 2.29 bits per heavy atom. The average Bonchev–Trinajstić information content (AvgIpc) is 3.24. The third-order valence-corrected chi connectivity index (χ3v) is 13.4. The number of nitriles is 2. The first-order valence-electron chi connectivity index (χ1n) is 19.9. The SMILES string of the molecule is Cc1cccc(C)c1N1C2=C(C=C3C(c4ccccc4)=C4C=CC=CC4C(c4ccccc4)C3C2)B2C3=C(C=C(C#N)CC31)c1cccc3c(C#N)ccc2c13. The Hall–Kier alpha value is -6.62. The highest BCUT2D eigenvalue weighted by atomic mass is 15.2. The van der Waals surface area contributed by atoms with Gasteiger partial charge in [-0.1, -0.05) is 144 Å². The van der Waals surface area contributed by atoms with Gasteiger partial charge in [0.25, 0.3) is 0 Å². The topological polar surface area (TPSA) is 50.8 Å². The Bertz CT molecular complexity index is 2850. The van der Waals surface area contributed by atoms with E-state index >= 15 is 0 Å². The lowest BCUT2D eigenvalue weighted by Gasteiger charge is -2.53. The highest BCUT2D eigenvalue weighted by Gasteiger charge is 2.52. The number of hydrogen-bond acceptors (Lipinski definition) is 3. The Kier molecular flexibility index (Phi) is 7.29. The fourth-order valence-electron chi connectivity index (χ4n) is 11.3. The average molecular weight is 716 g/mol. The van der Waals surface area contributed by atoms with Crippen molar-refractivity contribution in [3.63, 3.8) is 0 Å². The summed E-state index contributed by atoms with van der Waals surface area (Å²) < 4.78 is 0. The first kappa shape index (κ1) is 32.8. The van der Waals surface area contributed by atoms with E-state index in [0.717, 1.165) is 33.9 Å². The summed E-state index contributed by atoms with van der Waals surface area (Å²) in [5.41, 5.74) is 19.6. The second kappa shape index (κ2) is 12.5. The molecule has 0 N–H and O–H groups in total. The van der Waals surface area contributed by atoms with Crippen LogP contribution >= 0.6 is 0 Å². The van der Waals surface area contributed by atoms with E-state index in [-0.39, 0.29) is 30.5 Å². The van der Waals surface area contributed by atoms with Crippen molar-refractivity contribution < 1.29 is 0 Å². The summed E-state index contributed by atoms with van der Waals surface area (Å²) in [6.45, 7) is 4.47. The molecule has 0 bridgehead atoms. The van der Waals surface area contributed by atoms with Gasteiger partial charge in [0.15, 0.2) is 0 Å². The number of allylic oxidation sites excluding steroid dienone is 12. The number of hydrogen-bond donors (Lipinski definition) is 0. The van der Waals surface area contributed by atoms with Gasteiger partial charge in [0.2, 0.25) is 6.71 Å². The molecule has 0 saturated carbocycles. The van der Waals surface area contributed by atoms with Crippen molar-refractivity contribution >= 4 is 39.8 Å². The van der Waals surface area contributed by atoms with E-state index in [4.69, 9.17) is 0 Å². The summed E-state index contributed by atoms with van der Waals surface area (Å²) in [5.74, 6) is 0.672. The highest BCUT2D eigenvalue weighted by molar-refractivity contribution is 6.90. The van der Waals surface area contributed by atoms with Gasteiger partial charge in [-0.25, -0.2) is 0 Å². The summed E-state index contributed by atoms with van der Waals surface area (Å²) in [7, 11) is 0. The normalized spacial score (nSPS) is 22.8. The maximum absolute atomic E-state index is 10.7. The van der Waals surface area contributed by atoms with Crippen LogP contribution in [0.5, 0.6) is 0 Å². The molecule has 5 aromatic carbocycles.